The van der Waals surface area contributed by atoms with Gasteiger partial charge in [-0.1, -0.05) is 17.7 Å². The molecule has 20 heavy (non-hydrogen) atoms. The maximum Gasteiger partial charge on any atom is 0.260 e. The van der Waals surface area contributed by atoms with E-state index < -0.39 is 6.10 Å². The fourth-order valence-corrected chi connectivity index (χ4v) is 1.77. The van der Waals surface area contributed by atoms with Crippen molar-refractivity contribution in [3.63, 3.8) is 0 Å². The summed E-state index contributed by atoms with van der Waals surface area (Å²) >= 11 is 11.3. The van der Waals surface area contributed by atoms with Crippen molar-refractivity contribution in [2.45, 2.75) is 19.4 Å². The summed E-state index contributed by atoms with van der Waals surface area (Å²) in [6.07, 6.45) is 0.171. The Labute approximate surface area is 129 Å². The first-order chi connectivity index (χ1) is 9.63. The highest BCUT2D eigenvalue weighted by Gasteiger charge is 2.13. The molecule has 1 aromatic rings. The van der Waals surface area contributed by atoms with Crippen molar-refractivity contribution in [1.82, 2.24) is 5.32 Å². The summed E-state index contributed by atoms with van der Waals surface area (Å²) < 4.78 is 10.7. The van der Waals surface area contributed by atoms with Gasteiger partial charge in [-0.05, 0) is 31.5 Å². The van der Waals surface area contributed by atoms with Crippen LogP contribution in [0.15, 0.2) is 24.3 Å². The molecule has 0 bridgehead atoms. The summed E-state index contributed by atoms with van der Waals surface area (Å²) in [6, 6.07) is 6.96. The lowest BCUT2D eigenvalue weighted by atomic mass is 10.3. The Balaban J connectivity index is 2.22. The number of alkyl halides is 1. The van der Waals surface area contributed by atoms with E-state index in [9.17, 15) is 4.79 Å². The van der Waals surface area contributed by atoms with Gasteiger partial charge in [0, 0.05) is 24.1 Å². The highest BCUT2D eigenvalue weighted by molar-refractivity contribution is 6.30. The number of hydrogen-bond donors (Lipinski definition) is 1. The normalized spacial score (nSPS) is 11.9. The topological polar surface area (TPSA) is 47.6 Å². The molecule has 1 N–H and O–H groups in total. The molecule has 1 amide bonds. The van der Waals surface area contributed by atoms with E-state index in [0.717, 1.165) is 6.42 Å². The lowest BCUT2D eigenvalue weighted by Gasteiger charge is -2.14. The third kappa shape index (κ3) is 6.98. The quantitative estimate of drug-likeness (QED) is 0.562. The molecule has 4 nitrogen and oxygen atoms in total. The zero-order chi connectivity index (χ0) is 14.8. The van der Waals surface area contributed by atoms with E-state index in [1.54, 1.807) is 31.2 Å². The number of ether oxygens (including phenoxy) is 2. The summed E-state index contributed by atoms with van der Waals surface area (Å²) in [5, 5.41) is 3.36. The van der Waals surface area contributed by atoms with Crippen LogP contribution in [0.2, 0.25) is 5.02 Å². The van der Waals surface area contributed by atoms with Crippen LogP contribution in [-0.2, 0) is 9.53 Å². The van der Waals surface area contributed by atoms with Gasteiger partial charge in [-0.3, -0.25) is 4.79 Å². The molecule has 1 rings (SSSR count). The number of nitrogens with one attached hydrogen (secondary N) is 1. The minimum atomic E-state index is -0.572. The minimum absolute atomic E-state index is 0.165. The smallest absolute Gasteiger partial charge is 0.260 e. The molecule has 1 unspecified atom stereocenters. The van der Waals surface area contributed by atoms with Crippen LogP contribution in [0.25, 0.3) is 0 Å². The van der Waals surface area contributed by atoms with Crippen molar-refractivity contribution in [2.75, 3.05) is 25.6 Å². The van der Waals surface area contributed by atoms with Crippen molar-refractivity contribution in [3.8, 4) is 5.75 Å². The van der Waals surface area contributed by atoms with E-state index in [4.69, 9.17) is 32.7 Å². The van der Waals surface area contributed by atoms with Crippen LogP contribution in [0.3, 0.4) is 0 Å². The highest BCUT2D eigenvalue weighted by Crippen LogP contribution is 2.18. The molecule has 0 aromatic heterocycles. The van der Waals surface area contributed by atoms with Gasteiger partial charge in [0.1, 0.15) is 5.75 Å². The van der Waals surface area contributed by atoms with Crippen molar-refractivity contribution in [2.24, 2.45) is 0 Å². The fourth-order valence-electron chi connectivity index (χ4n) is 1.48. The van der Waals surface area contributed by atoms with Crippen molar-refractivity contribution >= 4 is 29.1 Å². The van der Waals surface area contributed by atoms with Crippen LogP contribution in [-0.4, -0.2) is 37.6 Å². The maximum atomic E-state index is 11.8. The molecule has 112 valence electrons. The Morgan fingerprint density at radius 2 is 2.20 bits per heavy atom. The Morgan fingerprint density at radius 3 is 2.90 bits per heavy atom. The average molecular weight is 320 g/mol. The molecule has 0 aliphatic heterocycles. The van der Waals surface area contributed by atoms with E-state index in [2.05, 4.69) is 5.32 Å². The van der Waals surface area contributed by atoms with Crippen LogP contribution < -0.4 is 10.1 Å². The predicted molar refractivity (Wildman–Crippen MR) is 80.7 cm³/mol. The van der Waals surface area contributed by atoms with Crippen LogP contribution >= 0.6 is 23.2 Å². The Kier molecular flexibility index (Phi) is 8.42. The Hall–Kier alpha value is -0.970. The van der Waals surface area contributed by atoms with Crippen LogP contribution in [0.5, 0.6) is 5.75 Å². The van der Waals surface area contributed by atoms with Crippen molar-refractivity contribution < 1.29 is 14.3 Å². The van der Waals surface area contributed by atoms with Gasteiger partial charge in [-0.25, -0.2) is 0 Å². The number of carbonyl (C=O) groups is 1. The average Bonchev–Trinajstić information content (AvgIpc) is 2.42. The van der Waals surface area contributed by atoms with Gasteiger partial charge in [0.05, 0.1) is 6.61 Å². The zero-order valence-corrected chi connectivity index (χ0v) is 12.9. The van der Waals surface area contributed by atoms with Crippen molar-refractivity contribution in [1.29, 1.82) is 0 Å². The molecule has 0 radical (unpaired) electrons. The molecular formula is C14H19Cl2NO3. The molecule has 6 heteroatoms. The van der Waals surface area contributed by atoms with E-state index in [-0.39, 0.29) is 5.91 Å². The van der Waals surface area contributed by atoms with Gasteiger partial charge >= 0.3 is 0 Å². The molecule has 0 heterocycles. The molecule has 1 aromatic carbocycles. The number of rotatable bonds is 9. The summed E-state index contributed by atoms with van der Waals surface area (Å²) in [5.74, 6) is 0.893. The first kappa shape index (κ1) is 17.1. The first-order valence-electron chi connectivity index (χ1n) is 6.47. The standard InChI is InChI=1S/C14H19Cl2NO3/c1-11(20-13-5-2-4-12(16)10-13)14(18)17-7-3-8-19-9-6-15/h2,4-5,10-11H,3,6-9H2,1H3,(H,17,18). The number of benzene rings is 1. The van der Waals surface area contributed by atoms with Gasteiger partial charge in [0.15, 0.2) is 6.10 Å². The largest absolute Gasteiger partial charge is 0.481 e. The predicted octanol–water partition coefficient (Wildman–Crippen LogP) is 2.87. The van der Waals surface area contributed by atoms with Gasteiger partial charge in [0.2, 0.25) is 0 Å². The van der Waals surface area contributed by atoms with Crippen molar-refractivity contribution in [3.05, 3.63) is 29.3 Å². The SMILES string of the molecule is CC(Oc1cccc(Cl)c1)C(=O)NCCCOCCCl. The van der Waals surface area contributed by atoms with E-state index in [0.29, 0.717) is 36.4 Å². The molecule has 0 aliphatic carbocycles. The number of carbonyl (C=O) groups excluding carboxylic acids is 1. The number of amides is 1. The summed E-state index contributed by atoms with van der Waals surface area (Å²) in [5.41, 5.74) is 0. The van der Waals surface area contributed by atoms with Gasteiger partial charge in [0.25, 0.3) is 5.91 Å². The molecule has 0 spiro atoms. The second-order valence-corrected chi connectivity index (χ2v) is 4.98. The summed E-state index contributed by atoms with van der Waals surface area (Å²) in [4.78, 5) is 11.8. The lowest BCUT2D eigenvalue weighted by Crippen LogP contribution is -2.37. The fraction of sp³-hybridized carbons (Fsp3) is 0.500. The molecule has 0 aliphatic rings. The molecule has 1 atom stereocenters. The minimum Gasteiger partial charge on any atom is -0.481 e. The first-order valence-corrected chi connectivity index (χ1v) is 7.38. The van der Waals surface area contributed by atoms with Crippen LogP contribution in [0, 0.1) is 0 Å². The Morgan fingerprint density at radius 1 is 1.40 bits per heavy atom. The zero-order valence-electron chi connectivity index (χ0n) is 11.4. The van der Waals surface area contributed by atoms with Crippen LogP contribution in [0.4, 0.5) is 0 Å². The highest BCUT2D eigenvalue weighted by atomic mass is 35.5. The van der Waals surface area contributed by atoms with Gasteiger partial charge in [-0.2, -0.15) is 0 Å². The van der Waals surface area contributed by atoms with E-state index in [1.807, 2.05) is 0 Å². The summed E-state index contributed by atoms with van der Waals surface area (Å²) in [7, 11) is 0. The number of halogens is 2. The van der Waals surface area contributed by atoms with E-state index in [1.165, 1.54) is 0 Å². The van der Waals surface area contributed by atoms with Gasteiger partial charge < -0.3 is 14.8 Å². The molecular weight excluding hydrogens is 301 g/mol. The molecule has 0 fully saturated rings. The van der Waals surface area contributed by atoms with Crippen LogP contribution in [0.1, 0.15) is 13.3 Å². The molecule has 0 saturated carbocycles. The lowest BCUT2D eigenvalue weighted by molar-refractivity contribution is -0.127. The monoisotopic (exact) mass is 319 g/mol. The van der Waals surface area contributed by atoms with Gasteiger partial charge in [-0.15, -0.1) is 11.6 Å². The second kappa shape index (κ2) is 9.86. The Bertz CT molecular complexity index is 415. The number of hydrogen-bond acceptors (Lipinski definition) is 3. The third-order valence-corrected chi connectivity index (χ3v) is 2.85. The second-order valence-electron chi connectivity index (χ2n) is 4.16. The summed E-state index contributed by atoms with van der Waals surface area (Å²) in [6.45, 7) is 3.35. The maximum absolute atomic E-state index is 11.8. The van der Waals surface area contributed by atoms with E-state index >= 15 is 0 Å². The third-order valence-electron chi connectivity index (χ3n) is 2.46. The molecule has 0 saturated heterocycles.